The number of aliphatic imine (C=N–C) groups is 1. The normalized spacial score (nSPS) is 19.7. The van der Waals surface area contributed by atoms with Crippen LogP contribution in [0.25, 0.3) is 0 Å². The quantitative estimate of drug-likeness (QED) is 0.248. The fourth-order valence-electron chi connectivity index (χ4n) is 2.69. The van der Waals surface area contributed by atoms with Crippen molar-refractivity contribution in [2.24, 2.45) is 4.99 Å². The summed E-state index contributed by atoms with van der Waals surface area (Å²) < 4.78 is 16.4. The molecule has 0 aliphatic carbocycles. The van der Waals surface area contributed by atoms with Crippen molar-refractivity contribution in [2.75, 3.05) is 40.0 Å². The van der Waals surface area contributed by atoms with Gasteiger partial charge in [0.05, 0.1) is 18.8 Å². The van der Waals surface area contributed by atoms with Crippen molar-refractivity contribution in [3.8, 4) is 5.75 Å². The lowest BCUT2D eigenvalue weighted by atomic mass is 10.0. The number of nitrogens with one attached hydrogen (secondary N) is 2. The van der Waals surface area contributed by atoms with Crippen LogP contribution in [0.3, 0.4) is 0 Å². The Labute approximate surface area is 174 Å². The predicted octanol–water partition coefficient (Wildman–Crippen LogP) is 2.95. The maximum absolute atomic E-state index is 5.82. The third kappa shape index (κ3) is 8.09. The van der Waals surface area contributed by atoms with Crippen molar-refractivity contribution in [3.63, 3.8) is 0 Å². The molecule has 1 heterocycles. The zero-order valence-electron chi connectivity index (χ0n) is 16.0. The van der Waals surface area contributed by atoms with Crippen molar-refractivity contribution in [2.45, 2.75) is 38.8 Å². The summed E-state index contributed by atoms with van der Waals surface area (Å²) in [5.41, 5.74) is 1.05. The summed E-state index contributed by atoms with van der Waals surface area (Å²) in [5.74, 6) is 1.67. The van der Waals surface area contributed by atoms with Gasteiger partial charge in [-0.25, -0.2) is 4.99 Å². The van der Waals surface area contributed by atoms with Crippen LogP contribution in [0.5, 0.6) is 5.75 Å². The fraction of sp³-hybridized carbons (Fsp3) is 0.632. The highest BCUT2D eigenvalue weighted by Gasteiger charge is 2.29. The highest BCUT2D eigenvalue weighted by molar-refractivity contribution is 14.0. The minimum Gasteiger partial charge on any atom is -0.491 e. The molecular formula is C19H32IN3O3. The summed E-state index contributed by atoms with van der Waals surface area (Å²) in [6, 6.07) is 8.01. The summed E-state index contributed by atoms with van der Waals surface area (Å²) in [4.78, 5) is 4.66. The summed E-state index contributed by atoms with van der Waals surface area (Å²) >= 11 is 0. The minimum atomic E-state index is -0.0859. The molecule has 6 nitrogen and oxygen atoms in total. The molecule has 1 aromatic carbocycles. The van der Waals surface area contributed by atoms with Crippen LogP contribution in [-0.4, -0.2) is 51.6 Å². The van der Waals surface area contributed by atoms with Crippen molar-refractivity contribution >= 4 is 29.9 Å². The van der Waals surface area contributed by atoms with E-state index in [2.05, 4.69) is 29.5 Å². The van der Waals surface area contributed by atoms with Crippen LogP contribution in [0.4, 0.5) is 0 Å². The molecule has 0 bridgehead atoms. The van der Waals surface area contributed by atoms with Crippen LogP contribution in [-0.2, 0) is 16.0 Å². The van der Waals surface area contributed by atoms with Gasteiger partial charge in [-0.2, -0.15) is 0 Å². The minimum absolute atomic E-state index is 0. The molecule has 2 N–H and O–H groups in total. The van der Waals surface area contributed by atoms with E-state index in [0.29, 0.717) is 19.8 Å². The van der Waals surface area contributed by atoms with Gasteiger partial charge in [0.1, 0.15) is 12.4 Å². The summed E-state index contributed by atoms with van der Waals surface area (Å²) in [6.45, 7) is 8.43. The molecule has 1 atom stereocenters. The molecular weight excluding hydrogens is 445 g/mol. The van der Waals surface area contributed by atoms with E-state index in [-0.39, 0.29) is 29.6 Å². The largest absolute Gasteiger partial charge is 0.491 e. The Hall–Kier alpha value is -1.06. The average molecular weight is 477 g/mol. The number of rotatable bonds is 9. The van der Waals surface area contributed by atoms with E-state index in [9.17, 15) is 0 Å². The number of hydrogen-bond donors (Lipinski definition) is 2. The van der Waals surface area contributed by atoms with E-state index in [4.69, 9.17) is 14.2 Å². The number of halogens is 1. The first-order valence-corrected chi connectivity index (χ1v) is 9.02. The van der Waals surface area contributed by atoms with Crippen molar-refractivity contribution < 1.29 is 14.2 Å². The maximum atomic E-state index is 5.82. The summed E-state index contributed by atoms with van der Waals surface area (Å²) in [5, 5.41) is 6.68. The van der Waals surface area contributed by atoms with Crippen LogP contribution >= 0.6 is 24.0 Å². The van der Waals surface area contributed by atoms with Gasteiger partial charge in [-0.1, -0.05) is 12.1 Å². The van der Waals surface area contributed by atoms with Crippen LogP contribution in [0, 0.1) is 0 Å². The molecule has 1 aromatic rings. The lowest BCUT2D eigenvalue weighted by Crippen LogP contribution is -2.45. The molecule has 2 rings (SSSR count). The Bertz CT molecular complexity index is 531. The van der Waals surface area contributed by atoms with Gasteiger partial charge in [0, 0.05) is 26.8 Å². The molecule has 0 amide bonds. The van der Waals surface area contributed by atoms with Gasteiger partial charge in [0.15, 0.2) is 5.96 Å². The topological polar surface area (TPSA) is 64.1 Å². The van der Waals surface area contributed by atoms with Gasteiger partial charge in [0.25, 0.3) is 0 Å². The number of ether oxygens (including phenoxy) is 3. The summed E-state index contributed by atoms with van der Waals surface area (Å²) in [7, 11) is 1.67. The van der Waals surface area contributed by atoms with Gasteiger partial charge < -0.3 is 24.8 Å². The van der Waals surface area contributed by atoms with Gasteiger partial charge >= 0.3 is 0 Å². The molecule has 26 heavy (non-hydrogen) atoms. The van der Waals surface area contributed by atoms with E-state index in [0.717, 1.165) is 49.8 Å². The highest BCUT2D eigenvalue weighted by atomic mass is 127. The van der Waals surface area contributed by atoms with E-state index in [1.54, 1.807) is 7.11 Å². The molecule has 1 saturated heterocycles. The standard InChI is InChI=1S/C19H31N3O3.HI/c1-4-20-18(22-15-19(2)10-5-11-25-19)21-14-16-6-8-17(9-7-16)24-13-12-23-3;/h6-9H,4-5,10-15H2,1-3H3,(H2,20,21,22);1H. The number of hydrogen-bond acceptors (Lipinski definition) is 4. The number of guanidine groups is 1. The predicted molar refractivity (Wildman–Crippen MR) is 116 cm³/mol. The van der Waals surface area contributed by atoms with Crippen LogP contribution in [0.2, 0.25) is 0 Å². The van der Waals surface area contributed by atoms with Crippen molar-refractivity contribution in [3.05, 3.63) is 29.8 Å². The number of benzene rings is 1. The third-order valence-electron chi connectivity index (χ3n) is 4.17. The molecule has 1 fully saturated rings. The van der Waals surface area contributed by atoms with E-state index < -0.39 is 0 Å². The van der Waals surface area contributed by atoms with Gasteiger partial charge in [-0.05, 0) is 44.4 Å². The van der Waals surface area contributed by atoms with E-state index in [1.807, 2.05) is 24.3 Å². The molecule has 0 radical (unpaired) electrons. The smallest absolute Gasteiger partial charge is 0.191 e. The van der Waals surface area contributed by atoms with Crippen molar-refractivity contribution in [1.29, 1.82) is 0 Å². The lowest BCUT2D eigenvalue weighted by Gasteiger charge is -2.24. The second-order valence-corrected chi connectivity index (χ2v) is 6.44. The maximum Gasteiger partial charge on any atom is 0.191 e. The number of methoxy groups -OCH3 is 1. The van der Waals surface area contributed by atoms with Crippen LogP contribution in [0.1, 0.15) is 32.3 Å². The lowest BCUT2D eigenvalue weighted by molar-refractivity contribution is 0.0243. The first kappa shape index (κ1) is 23.0. The second kappa shape index (κ2) is 12.3. The van der Waals surface area contributed by atoms with Gasteiger partial charge in [0.2, 0.25) is 0 Å². The Morgan fingerprint density at radius 3 is 2.62 bits per heavy atom. The Balaban J connectivity index is 0.00000338. The molecule has 1 unspecified atom stereocenters. The van der Waals surface area contributed by atoms with Gasteiger partial charge in [-0.15, -0.1) is 24.0 Å². The fourth-order valence-corrected chi connectivity index (χ4v) is 2.69. The first-order valence-electron chi connectivity index (χ1n) is 9.02. The average Bonchev–Trinajstić information content (AvgIpc) is 3.06. The monoisotopic (exact) mass is 477 g/mol. The SMILES string of the molecule is CCNC(=NCc1ccc(OCCOC)cc1)NCC1(C)CCCO1.I. The number of nitrogens with zero attached hydrogens (tertiary/aromatic N) is 1. The zero-order chi connectivity index (χ0) is 18.0. The van der Waals surface area contributed by atoms with E-state index >= 15 is 0 Å². The zero-order valence-corrected chi connectivity index (χ0v) is 18.4. The first-order chi connectivity index (χ1) is 12.1. The van der Waals surface area contributed by atoms with Gasteiger partial charge in [-0.3, -0.25) is 0 Å². The molecule has 0 saturated carbocycles. The third-order valence-corrected chi connectivity index (χ3v) is 4.17. The molecule has 7 heteroatoms. The molecule has 0 spiro atoms. The van der Waals surface area contributed by atoms with Crippen LogP contribution < -0.4 is 15.4 Å². The molecule has 1 aliphatic rings. The Morgan fingerprint density at radius 1 is 1.23 bits per heavy atom. The molecule has 0 aromatic heterocycles. The van der Waals surface area contributed by atoms with E-state index in [1.165, 1.54) is 0 Å². The molecule has 148 valence electrons. The summed E-state index contributed by atoms with van der Waals surface area (Å²) in [6.07, 6.45) is 2.22. The second-order valence-electron chi connectivity index (χ2n) is 6.44. The highest BCUT2D eigenvalue weighted by Crippen LogP contribution is 2.23. The Kier molecular flexibility index (Phi) is 10.9. The van der Waals surface area contributed by atoms with Crippen molar-refractivity contribution in [1.82, 2.24) is 10.6 Å². The molecule has 1 aliphatic heterocycles. The van der Waals surface area contributed by atoms with Crippen LogP contribution in [0.15, 0.2) is 29.3 Å². The Morgan fingerprint density at radius 2 is 2.00 bits per heavy atom.